The van der Waals surface area contributed by atoms with E-state index in [-0.39, 0.29) is 5.78 Å². The third-order valence-corrected chi connectivity index (χ3v) is 2.72. The van der Waals surface area contributed by atoms with Crippen molar-refractivity contribution in [2.45, 2.75) is 33.6 Å². The molecule has 0 unspecified atom stereocenters. The van der Waals surface area contributed by atoms with E-state index in [2.05, 4.69) is 15.1 Å². The molecule has 18 heavy (non-hydrogen) atoms. The molecule has 0 saturated carbocycles. The number of pyridine rings is 1. The van der Waals surface area contributed by atoms with Crippen LogP contribution >= 0.6 is 0 Å². The lowest BCUT2D eigenvalue weighted by Gasteiger charge is -2.06. The average molecular weight is 244 g/mol. The summed E-state index contributed by atoms with van der Waals surface area (Å²) < 4.78 is 1.68. The minimum Gasteiger partial charge on any atom is -0.294 e. The molecule has 0 N–H and O–H groups in total. The van der Waals surface area contributed by atoms with Crippen LogP contribution in [0.25, 0.3) is 5.82 Å². The molecule has 0 fully saturated rings. The summed E-state index contributed by atoms with van der Waals surface area (Å²) in [5.74, 6) is 2.14. The van der Waals surface area contributed by atoms with Crippen LogP contribution < -0.4 is 0 Å². The van der Waals surface area contributed by atoms with Crippen LogP contribution in [0, 0.1) is 0 Å². The summed E-state index contributed by atoms with van der Waals surface area (Å²) in [6.45, 7) is 5.55. The normalized spacial score (nSPS) is 10.6. The zero-order chi connectivity index (χ0) is 13.1. The van der Waals surface area contributed by atoms with Gasteiger partial charge < -0.3 is 0 Å². The van der Waals surface area contributed by atoms with Gasteiger partial charge in [0.15, 0.2) is 17.4 Å². The molecule has 2 aromatic rings. The predicted molar refractivity (Wildman–Crippen MR) is 67.9 cm³/mol. The second-order valence-corrected chi connectivity index (χ2v) is 3.99. The maximum Gasteiger partial charge on any atom is 0.166 e. The van der Waals surface area contributed by atoms with Crippen LogP contribution in [0.4, 0.5) is 0 Å². The molecule has 5 nitrogen and oxygen atoms in total. The largest absolute Gasteiger partial charge is 0.294 e. The lowest BCUT2D eigenvalue weighted by atomic mass is 10.2. The Labute approximate surface area is 106 Å². The zero-order valence-electron chi connectivity index (χ0n) is 10.8. The van der Waals surface area contributed by atoms with Gasteiger partial charge in [-0.1, -0.05) is 13.8 Å². The molecular weight excluding hydrogens is 228 g/mol. The van der Waals surface area contributed by atoms with Crippen molar-refractivity contribution in [2.75, 3.05) is 0 Å². The maximum absolute atomic E-state index is 11.6. The summed E-state index contributed by atoms with van der Waals surface area (Å²) in [6, 6.07) is 3.51. The summed E-state index contributed by atoms with van der Waals surface area (Å²) in [5, 5.41) is 4.40. The molecule has 0 atom stereocenters. The van der Waals surface area contributed by atoms with Crippen LogP contribution in [0.15, 0.2) is 18.3 Å². The number of carbonyl (C=O) groups is 1. The van der Waals surface area contributed by atoms with Crippen molar-refractivity contribution >= 4 is 5.78 Å². The Morgan fingerprint density at radius 2 is 2.11 bits per heavy atom. The second-order valence-electron chi connectivity index (χ2n) is 3.99. The van der Waals surface area contributed by atoms with Gasteiger partial charge in [0.1, 0.15) is 5.82 Å². The smallest absolute Gasteiger partial charge is 0.166 e. The fourth-order valence-electron chi connectivity index (χ4n) is 1.78. The van der Waals surface area contributed by atoms with Crippen molar-refractivity contribution in [3.63, 3.8) is 0 Å². The molecule has 2 heterocycles. The Kier molecular flexibility index (Phi) is 3.50. The van der Waals surface area contributed by atoms with Gasteiger partial charge in [0.05, 0.1) is 5.56 Å². The Hall–Kier alpha value is -2.04. The molecule has 5 heteroatoms. The Bertz CT molecular complexity index is 574. The minimum atomic E-state index is -0.0197. The number of aromatic nitrogens is 4. The van der Waals surface area contributed by atoms with Crippen molar-refractivity contribution < 1.29 is 4.79 Å². The quantitative estimate of drug-likeness (QED) is 0.772. The van der Waals surface area contributed by atoms with Crippen LogP contribution in [0.5, 0.6) is 0 Å². The summed E-state index contributed by atoms with van der Waals surface area (Å²) in [5.41, 5.74) is 0.569. The molecule has 0 aliphatic carbocycles. The van der Waals surface area contributed by atoms with Gasteiger partial charge >= 0.3 is 0 Å². The van der Waals surface area contributed by atoms with Crippen LogP contribution in [0.3, 0.4) is 0 Å². The highest BCUT2D eigenvalue weighted by molar-refractivity contribution is 5.96. The number of Topliss-reactive ketones (excluding diaryl/α,β-unsaturated/α-hetero) is 1. The van der Waals surface area contributed by atoms with E-state index in [1.54, 1.807) is 23.0 Å². The van der Waals surface area contributed by atoms with Gasteiger partial charge in [0.2, 0.25) is 0 Å². The third kappa shape index (κ3) is 2.16. The highest BCUT2D eigenvalue weighted by Crippen LogP contribution is 2.14. The number of hydrogen-bond acceptors (Lipinski definition) is 4. The van der Waals surface area contributed by atoms with Crippen LogP contribution in [-0.4, -0.2) is 25.5 Å². The number of rotatable bonds is 4. The average Bonchev–Trinajstić information content (AvgIpc) is 2.81. The van der Waals surface area contributed by atoms with Gasteiger partial charge in [0.25, 0.3) is 0 Å². The van der Waals surface area contributed by atoms with Crippen molar-refractivity contribution in [1.82, 2.24) is 19.7 Å². The molecule has 0 aliphatic heterocycles. The fourth-order valence-corrected chi connectivity index (χ4v) is 1.78. The first-order valence-electron chi connectivity index (χ1n) is 6.08. The number of ketones is 1. The van der Waals surface area contributed by atoms with Crippen LogP contribution in [-0.2, 0) is 12.8 Å². The van der Waals surface area contributed by atoms with Gasteiger partial charge in [0, 0.05) is 19.0 Å². The molecule has 94 valence electrons. The first kappa shape index (κ1) is 12.4. The highest BCUT2D eigenvalue weighted by atomic mass is 16.1. The summed E-state index contributed by atoms with van der Waals surface area (Å²) in [7, 11) is 0. The van der Waals surface area contributed by atoms with E-state index >= 15 is 0 Å². The van der Waals surface area contributed by atoms with E-state index in [0.29, 0.717) is 11.4 Å². The molecule has 0 spiro atoms. The standard InChI is InChI=1S/C13H16N4O/c1-4-11-15-12(5-2)17(16-11)13-10(9(3)18)7-6-8-14-13/h6-8H,4-5H2,1-3H3. The molecule has 0 bridgehead atoms. The monoisotopic (exact) mass is 244 g/mol. The van der Waals surface area contributed by atoms with E-state index in [0.717, 1.165) is 24.5 Å². The van der Waals surface area contributed by atoms with Crippen molar-refractivity contribution in [2.24, 2.45) is 0 Å². The second kappa shape index (κ2) is 5.08. The zero-order valence-corrected chi connectivity index (χ0v) is 10.8. The number of carbonyl (C=O) groups excluding carboxylic acids is 1. The lowest BCUT2D eigenvalue weighted by Crippen LogP contribution is -2.10. The van der Waals surface area contributed by atoms with Crippen molar-refractivity contribution in [1.29, 1.82) is 0 Å². The molecule has 2 rings (SSSR count). The summed E-state index contributed by atoms with van der Waals surface area (Å²) in [4.78, 5) is 20.3. The Balaban J connectivity index is 2.61. The van der Waals surface area contributed by atoms with E-state index in [1.165, 1.54) is 6.92 Å². The topological polar surface area (TPSA) is 60.7 Å². The molecule has 0 saturated heterocycles. The molecule has 0 aromatic carbocycles. The molecular formula is C13H16N4O. The maximum atomic E-state index is 11.6. The first-order chi connectivity index (χ1) is 8.67. The van der Waals surface area contributed by atoms with Crippen molar-refractivity contribution in [3.05, 3.63) is 35.5 Å². The van der Waals surface area contributed by atoms with Gasteiger partial charge in [-0.2, -0.15) is 4.68 Å². The Morgan fingerprint density at radius 1 is 1.33 bits per heavy atom. The third-order valence-electron chi connectivity index (χ3n) is 2.72. The molecule has 2 aromatic heterocycles. The minimum absolute atomic E-state index is 0.0197. The van der Waals surface area contributed by atoms with Crippen LogP contribution in [0.2, 0.25) is 0 Å². The van der Waals surface area contributed by atoms with E-state index in [4.69, 9.17) is 0 Å². The lowest BCUT2D eigenvalue weighted by molar-refractivity contribution is 0.101. The first-order valence-corrected chi connectivity index (χ1v) is 6.08. The van der Waals surface area contributed by atoms with Gasteiger partial charge in [-0.15, -0.1) is 5.10 Å². The van der Waals surface area contributed by atoms with Gasteiger partial charge in [-0.05, 0) is 19.1 Å². The van der Waals surface area contributed by atoms with E-state index in [9.17, 15) is 4.79 Å². The summed E-state index contributed by atoms with van der Waals surface area (Å²) >= 11 is 0. The molecule has 0 radical (unpaired) electrons. The Morgan fingerprint density at radius 3 is 2.72 bits per heavy atom. The number of nitrogens with zero attached hydrogens (tertiary/aromatic N) is 4. The van der Waals surface area contributed by atoms with E-state index in [1.807, 2.05) is 13.8 Å². The number of aryl methyl sites for hydroxylation is 2. The van der Waals surface area contributed by atoms with Gasteiger partial charge in [-0.25, -0.2) is 9.97 Å². The van der Waals surface area contributed by atoms with Crippen molar-refractivity contribution in [3.8, 4) is 5.82 Å². The highest BCUT2D eigenvalue weighted by Gasteiger charge is 2.15. The SMILES string of the molecule is CCc1nc(CC)n(-c2ncccc2C(C)=O)n1. The van der Waals surface area contributed by atoms with Crippen LogP contribution in [0.1, 0.15) is 42.8 Å². The number of hydrogen-bond donors (Lipinski definition) is 0. The van der Waals surface area contributed by atoms with Gasteiger partial charge in [-0.3, -0.25) is 4.79 Å². The molecule has 0 aliphatic rings. The summed E-state index contributed by atoms with van der Waals surface area (Å²) in [6.07, 6.45) is 3.18. The van der Waals surface area contributed by atoms with E-state index < -0.39 is 0 Å². The fraction of sp³-hybridized carbons (Fsp3) is 0.385. The molecule has 0 amide bonds. The predicted octanol–water partition coefficient (Wildman–Crippen LogP) is 1.99.